The largest absolute Gasteiger partial charge is 0.469 e. The van der Waals surface area contributed by atoms with E-state index >= 15 is 0 Å². The predicted octanol–water partition coefficient (Wildman–Crippen LogP) is 2.87. The first-order valence-corrected chi connectivity index (χ1v) is 5.69. The van der Waals surface area contributed by atoms with Crippen molar-refractivity contribution in [1.29, 1.82) is 0 Å². The molecule has 0 saturated carbocycles. The van der Waals surface area contributed by atoms with Crippen LogP contribution in [0.4, 0.5) is 8.78 Å². The molecule has 1 unspecified atom stereocenters. The Bertz CT molecular complexity index is 382. The Balaban J connectivity index is 2.60. The molecule has 0 radical (unpaired) electrons. The van der Waals surface area contributed by atoms with E-state index in [1.54, 1.807) is 6.92 Å². The molecular formula is C11H12F2O2S. The maximum absolute atomic E-state index is 13.2. The van der Waals surface area contributed by atoms with Crippen molar-refractivity contribution in [2.75, 3.05) is 12.9 Å². The van der Waals surface area contributed by atoms with E-state index < -0.39 is 11.6 Å². The molecule has 0 aliphatic rings. The highest BCUT2D eigenvalue weighted by molar-refractivity contribution is 7.99. The number of esters is 1. The third-order valence-electron chi connectivity index (χ3n) is 1.99. The van der Waals surface area contributed by atoms with Crippen molar-refractivity contribution in [3.63, 3.8) is 0 Å². The molecule has 0 bridgehead atoms. The molecule has 1 atom stereocenters. The average Bonchev–Trinajstić information content (AvgIpc) is 2.28. The zero-order valence-corrected chi connectivity index (χ0v) is 9.81. The zero-order valence-electron chi connectivity index (χ0n) is 9.00. The molecule has 0 aromatic heterocycles. The van der Waals surface area contributed by atoms with Gasteiger partial charge in [-0.3, -0.25) is 4.79 Å². The quantitative estimate of drug-likeness (QED) is 0.603. The first kappa shape index (κ1) is 13.0. The summed E-state index contributed by atoms with van der Waals surface area (Å²) in [5.74, 6) is -1.33. The minimum atomic E-state index is -0.491. The number of methoxy groups -OCH3 is 1. The highest BCUT2D eigenvalue weighted by atomic mass is 32.2. The van der Waals surface area contributed by atoms with Gasteiger partial charge in [0.1, 0.15) is 11.6 Å². The number of halogens is 2. The fourth-order valence-electron chi connectivity index (χ4n) is 1.07. The molecule has 0 amide bonds. The van der Waals surface area contributed by atoms with Gasteiger partial charge in [0.05, 0.1) is 13.0 Å². The van der Waals surface area contributed by atoms with Gasteiger partial charge >= 0.3 is 5.97 Å². The van der Waals surface area contributed by atoms with Gasteiger partial charge in [0, 0.05) is 10.6 Å². The van der Waals surface area contributed by atoms with E-state index in [0.717, 1.165) is 30.0 Å². The van der Waals surface area contributed by atoms with Gasteiger partial charge < -0.3 is 4.74 Å². The second-order valence-corrected chi connectivity index (χ2v) is 4.37. The summed E-state index contributed by atoms with van der Waals surface area (Å²) in [7, 11) is 1.30. The van der Waals surface area contributed by atoms with Gasteiger partial charge in [-0.05, 0) is 18.2 Å². The van der Waals surface area contributed by atoms with Gasteiger partial charge in [0.25, 0.3) is 0 Å². The summed E-state index contributed by atoms with van der Waals surface area (Å²) >= 11 is 1.10. The number of hydrogen-bond donors (Lipinski definition) is 0. The van der Waals surface area contributed by atoms with Crippen molar-refractivity contribution in [3.8, 4) is 0 Å². The number of carbonyl (C=O) groups is 1. The van der Waals surface area contributed by atoms with Crippen LogP contribution < -0.4 is 0 Å². The summed E-state index contributed by atoms with van der Waals surface area (Å²) in [5.41, 5.74) is 0. The van der Waals surface area contributed by atoms with Crippen LogP contribution in [0, 0.1) is 17.6 Å². The Morgan fingerprint density at radius 1 is 1.50 bits per heavy atom. The maximum Gasteiger partial charge on any atom is 0.309 e. The third-order valence-corrected chi connectivity index (χ3v) is 3.28. The van der Waals surface area contributed by atoms with Crippen LogP contribution in [0.15, 0.2) is 23.1 Å². The first-order chi connectivity index (χ1) is 7.54. The van der Waals surface area contributed by atoms with E-state index in [0.29, 0.717) is 5.75 Å². The molecule has 0 N–H and O–H groups in total. The Kier molecular flexibility index (Phi) is 4.73. The SMILES string of the molecule is COC(=O)C(C)CSc1cc(F)ccc1F. The lowest BCUT2D eigenvalue weighted by Crippen LogP contribution is -2.14. The van der Waals surface area contributed by atoms with Crippen molar-refractivity contribution in [3.05, 3.63) is 29.8 Å². The van der Waals surface area contributed by atoms with Crippen LogP contribution in [0.2, 0.25) is 0 Å². The second kappa shape index (κ2) is 5.84. The fourth-order valence-corrected chi connectivity index (χ4v) is 2.04. The van der Waals surface area contributed by atoms with Gasteiger partial charge in [-0.2, -0.15) is 0 Å². The molecule has 88 valence electrons. The summed E-state index contributed by atoms with van der Waals surface area (Å²) in [5, 5.41) is 0. The van der Waals surface area contributed by atoms with Gasteiger partial charge in [-0.25, -0.2) is 8.78 Å². The molecule has 0 aliphatic heterocycles. The molecule has 1 rings (SSSR count). The van der Waals surface area contributed by atoms with Crippen LogP contribution in [-0.4, -0.2) is 18.8 Å². The maximum atomic E-state index is 13.2. The van der Waals surface area contributed by atoms with E-state index in [9.17, 15) is 13.6 Å². The normalized spacial score (nSPS) is 12.2. The van der Waals surface area contributed by atoms with Crippen LogP contribution in [0.1, 0.15) is 6.92 Å². The number of thioether (sulfide) groups is 1. The monoisotopic (exact) mass is 246 g/mol. The van der Waals surface area contributed by atoms with E-state index in [1.165, 1.54) is 7.11 Å². The highest BCUT2D eigenvalue weighted by Crippen LogP contribution is 2.24. The van der Waals surface area contributed by atoms with Crippen molar-refractivity contribution in [1.82, 2.24) is 0 Å². The predicted molar refractivity (Wildman–Crippen MR) is 58.3 cm³/mol. The Hall–Kier alpha value is -1.10. The number of carbonyl (C=O) groups excluding carboxylic acids is 1. The highest BCUT2D eigenvalue weighted by Gasteiger charge is 2.14. The fraction of sp³-hybridized carbons (Fsp3) is 0.364. The lowest BCUT2D eigenvalue weighted by Gasteiger charge is -2.08. The standard InChI is InChI=1S/C11H12F2O2S/c1-7(11(14)15-2)6-16-10-5-8(12)3-4-9(10)13/h3-5,7H,6H2,1-2H3. The van der Waals surface area contributed by atoms with E-state index in [2.05, 4.69) is 4.74 Å². The summed E-state index contributed by atoms with van der Waals surface area (Å²) in [4.78, 5) is 11.3. The van der Waals surface area contributed by atoms with Crippen LogP contribution in [0.25, 0.3) is 0 Å². The molecule has 16 heavy (non-hydrogen) atoms. The average molecular weight is 246 g/mol. The Labute approximate surface area is 97.0 Å². The first-order valence-electron chi connectivity index (χ1n) is 4.70. The lowest BCUT2D eigenvalue weighted by atomic mass is 10.2. The number of ether oxygens (including phenoxy) is 1. The smallest absolute Gasteiger partial charge is 0.309 e. The van der Waals surface area contributed by atoms with Crippen LogP contribution in [-0.2, 0) is 9.53 Å². The molecular weight excluding hydrogens is 234 g/mol. The molecule has 2 nitrogen and oxygen atoms in total. The topological polar surface area (TPSA) is 26.3 Å². The van der Waals surface area contributed by atoms with Crippen molar-refractivity contribution < 1.29 is 18.3 Å². The van der Waals surface area contributed by atoms with Crippen LogP contribution >= 0.6 is 11.8 Å². The zero-order chi connectivity index (χ0) is 12.1. The second-order valence-electron chi connectivity index (χ2n) is 3.31. The summed E-state index contributed by atoms with van der Waals surface area (Å²) in [6, 6.07) is 3.24. The van der Waals surface area contributed by atoms with E-state index in [1.807, 2.05) is 0 Å². The third kappa shape index (κ3) is 3.48. The molecule has 0 saturated heterocycles. The minimum Gasteiger partial charge on any atom is -0.469 e. The van der Waals surface area contributed by atoms with Crippen molar-refractivity contribution >= 4 is 17.7 Å². The molecule has 0 heterocycles. The number of hydrogen-bond acceptors (Lipinski definition) is 3. The van der Waals surface area contributed by atoms with Crippen molar-refractivity contribution in [2.24, 2.45) is 5.92 Å². The van der Waals surface area contributed by atoms with Gasteiger partial charge in [0.15, 0.2) is 0 Å². The van der Waals surface area contributed by atoms with Crippen LogP contribution in [0.3, 0.4) is 0 Å². The molecule has 0 fully saturated rings. The molecule has 5 heteroatoms. The van der Waals surface area contributed by atoms with Gasteiger partial charge in [-0.1, -0.05) is 6.92 Å². The molecule has 0 spiro atoms. The molecule has 1 aromatic rings. The van der Waals surface area contributed by atoms with Gasteiger partial charge in [-0.15, -0.1) is 11.8 Å². The summed E-state index contributed by atoms with van der Waals surface area (Å²) in [6.07, 6.45) is 0. The van der Waals surface area contributed by atoms with Crippen molar-refractivity contribution in [2.45, 2.75) is 11.8 Å². The summed E-state index contributed by atoms with van der Waals surface area (Å²) < 4.78 is 30.6. The summed E-state index contributed by atoms with van der Waals surface area (Å²) in [6.45, 7) is 1.68. The molecule has 0 aliphatic carbocycles. The van der Waals surface area contributed by atoms with E-state index in [4.69, 9.17) is 0 Å². The lowest BCUT2D eigenvalue weighted by molar-refractivity contribution is -0.143. The Morgan fingerprint density at radius 3 is 2.81 bits per heavy atom. The molecule has 1 aromatic carbocycles. The number of benzene rings is 1. The minimum absolute atomic E-state index is 0.204. The van der Waals surface area contributed by atoms with E-state index in [-0.39, 0.29) is 16.8 Å². The van der Waals surface area contributed by atoms with Crippen LogP contribution in [0.5, 0.6) is 0 Å². The Morgan fingerprint density at radius 2 is 2.19 bits per heavy atom. The number of rotatable bonds is 4. The van der Waals surface area contributed by atoms with Gasteiger partial charge in [0.2, 0.25) is 0 Å².